The van der Waals surface area contributed by atoms with Crippen molar-refractivity contribution in [3.05, 3.63) is 84.4 Å². The summed E-state index contributed by atoms with van der Waals surface area (Å²) in [5.41, 5.74) is 1.71. The molecular formula is C31H36N6O4S. The Bertz CT molecular complexity index is 1620. The third kappa shape index (κ3) is 7.15. The van der Waals surface area contributed by atoms with Crippen LogP contribution in [0, 0.1) is 0 Å². The van der Waals surface area contributed by atoms with Crippen molar-refractivity contribution in [2.45, 2.75) is 55.1 Å². The van der Waals surface area contributed by atoms with Crippen molar-refractivity contribution in [2.75, 3.05) is 24.3 Å². The number of aromatic nitrogens is 2. The zero-order chi connectivity index (χ0) is 29.7. The maximum Gasteiger partial charge on any atom is 0.241 e. The fourth-order valence-electron chi connectivity index (χ4n) is 5.25. The van der Waals surface area contributed by atoms with E-state index in [-0.39, 0.29) is 35.1 Å². The summed E-state index contributed by atoms with van der Waals surface area (Å²) >= 11 is 0. The first-order valence-electron chi connectivity index (χ1n) is 14.0. The van der Waals surface area contributed by atoms with Gasteiger partial charge in [0.25, 0.3) is 0 Å². The lowest BCUT2D eigenvalue weighted by Gasteiger charge is -2.31. The Morgan fingerprint density at radius 1 is 0.905 bits per heavy atom. The highest BCUT2D eigenvalue weighted by Gasteiger charge is 2.30. The molecule has 1 aliphatic carbocycles. The van der Waals surface area contributed by atoms with E-state index in [2.05, 4.69) is 15.4 Å². The molecule has 1 amide bonds. The smallest absolute Gasteiger partial charge is 0.241 e. The van der Waals surface area contributed by atoms with Crippen LogP contribution in [0.4, 0.5) is 11.8 Å². The van der Waals surface area contributed by atoms with Crippen LogP contribution in [-0.2, 0) is 21.2 Å². The molecule has 0 saturated heterocycles. The van der Waals surface area contributed by atoms with Gasteiger partial charge in [-0.3, -0.25) is 4.79 Å². The van der Waals surface area contributed by atoms with Crippen LogP contribution in [0.3, 0.4) is 0 Å². The molecule has 11 heteroatoms. The number of rotatable bonds is 10. The molecule has 4 N–H and O–H groups in total. The fourth-order valence-corrected chi connectivity index (χ4v) is 6.45. The van der Waals surface area contributed by atoms with Crippen LogP contribution in [0.15, 0.2) is 83.8 Å². The molecule has 0 aliphatic heterocycles. The number of nitrogens with zero attached hydrogens (tertiary/aromatic N) is 3. The number of phenols is 1. The molecule has 4 aromatic rings. The molecule has 0 bridgehead atoms. The number of benzene rings is 3. The number of hydrogen-bond acceptors (Lipinski definition) is 8. The Morgan fingerprint density at radius 2 is 1.55 bits per heavy atom. The quantitative estimate of drug-likeness (QED) is 0.220. The number of aromatic hydroxyl groups is 1. The topological polar surface area (TPSA) is 137 Å². The molecule has 42 heavy (non-hydrogen) atoms. The van der Waals surface area contributed by atoms with E-state index in [1.54, 1.807) is 0 Å². The van der Waals surface area contributed by atoms with Crippen molar-refractivity contribution >= 4 is 38.6 Å². The van der Waals surface area contributed by atoms with Gasteiger partial charge in [0.05, 0.1) is 10.4 Å². The predicted molar refractivity (Wildman–Crippen MR) is 164 cm³/mol. The SMILES string of the molecule is CN(C)c1nc(N[C@H]2CC[C@@H](NC(=O)[C@H](Cc3ccccc3)NS(=O)(=O)c3ccc(O)cc3)CC2)nc2ccccc12. The minimum atomic E-state index is -4.00. The first kappa shape index (κ1) is 29.3. The molecule has 1 aromatic heterocycles. The summed E-state index contributed by atoms with van der Waals surface area (Å²) in [5.74, 6) is 1.02. The number of carbonyl (C=O) groups is 1. The lowest BCUT2D eigenvalue weighted by atomic mass is 9.91. The van der Waals surface area contributed by atoms with Crippen molar-refractivity contribution in [3.63, 3.8) is 0 Å². The lowest BCUT2D eigenvalue weighted by Crippen LogP contribution is -2.51. The first-order valence-corrected chi connectivity index (χ1v) is 15.5. The molecule has 1 fully saturated rings. The second-order valence-electron chi connectivity index (χ2n) is 10.8. The van der Waals surface area contributed by atoms with Gasteiger partial charge < -0.3 is 20.6 Å². The highest BCUT2D eigenvalue weighted by atomic mass is 32.2. The lowest BCUT2D eigenvalue weighted by molar-refractivity contribution is -0.123. The van der Waals surface area contributed by atoms with Gasteiger partial charge in [-0.05, 0) is 74.1 Å². The summed E-state index contributed by atoms with van der Waals surface area (Å²) in [6.45, 7) is 0. The van der Waals surface area contributed by atoms with Gasteiger partial charge in [0.1, 0.15) is 17.6 Å². The van der Waals surface area contributed by atoms with Gasteiger partial charge in [0.2, 0.25) is 21.9 Å². The first-order chi connectivity index (χ1) is 20.2. The fraction of sp³-hybridized carbons (Fsp3) is 0.323. The Balaban J connectivity index is 1.23. The molecule has 1 aliphatic rings. The summed E-state index contributed by atoms with van der Waals surface area (Å²) in [6, 6.07) is 21.5. The summed E-state index contributed by atoms with van der Waals surface area (Å²) < 4.78 is 28.8. The third-order valence-corrected chi connectivity index (χ3v) is 8.94. The van der Waals surface area contributed by atoms with E-state index in [1.807, 2.05) is 73.6 Å². The van der Waals surface area contributed by atoms with Gasteiger partial charge in [0.15, 0.2) is 0 Å². The van der Waals surface area contributed by atoms with Gasteiger partial charge in [-0.15, -0.1) is 0 Å². The monoisotopic (exact) mass is 588 g/mol. The van der Waals surface area contributed by atoms with Crippen molar-refractivity contribution in [1.29, 1.82) is 0 Å². The Morgan fingerprint density at radius 3 is 2.24 bits per heavy atom. The molecule has 0 radical (unpaired) electrons. The summed E-state index contributed by atoms with van der Waals surface area (Å²) in [7, 11) is -0.0791. The van der Waals surface area contributed by atoms with Gasteiger partial charge in [0, 0.05) is 31.6 Å². The minimum absolute atomic E-state index is 0.0222. The molecule has 220 valence electrons. The Hall–Kier alpha value is -4.22. The number of amides is 1. The average Bonchev–Trinajstić information content (AvgIpc) is 2.98. The van der Waals surface area contributed by atoms with E-state index < -0.39 is 16.1 Å². The summed E-state index contributed by atoms with van der Waals surface area (Å²) in [6.07, 6.45) is 3.29. The highest BCUT2D eigenvalue weighted by Crippen LogP contribution is 2.26. The van der Waals surface area contributed by atoms with Crippen LogP contribution < -0.4 is 20.3 Å². The Kier molecular flexibility index (Phi) is 8.89. The standard InChI is InChI=1S/C31H36N6O4S/c1-37(2)29-26-10-6-7-11-27(26)34-31(35-29)33-23-14-12-22(13-15-23)32-30(39)28(20-21-8-4-3-5-9-21)36-42(40,41)25-18-16-24(38)17-19-25/h3-11,16-19,22-23,28,36,38H,12-15,20H2,1-2H3,(H,32,39)(H,33,34,35)/t22-,23+,28-/m0/s1. The van der Waals surface area contributed by atoms with E-state index in [9.17, 15) is 18.3 Å². The van der Waals surface area contributed by atoms with Crippen LogP contribution in [0.2, 0.25) is 0 Å². The summed E-state index contributed by atoms with van der Waals surface area (Å²) in [5, 5.41) is 17.1. The Labute approximate surface area is 246 Å². The predicted octanol–water partition coefficient (Wildman–Crippen LogP) is 3.83. The van der Waals surface area contributed by atoms with Gasteiger partial charge in [-0.1, -0.05) is 42.5 Å². The minimum Gasteiger partial charge on any atom is -0.508 e. The number of phenolic OH excluding ortho intramolecular Hbond substituents is 1. The van der Waals surface area contributed by atoms with Crippen LogP contribution in [0.25, 0.3) is 10.9 Å². The molecule has 3 aromatic carbocycles. The largest absolute Gasteiger partial charge is 0.508 e. The van der Waals surface area contributed by atoms with E-state index in [1.165, 1.54) is 24.3 Å². The van der Waals surface area contributed by atoms with Gasteiger partial charge in [-0.2, -0.15) is 9.71 Å². The zero-order valence-electron chi connectivity index (χ0n) is 23.7. The summed E-state index contributed by atoms with van der Waals surface area (Å²) in [4.78, 5) is 24.9. The molecule has 0 unspecified atom stereocenters. The number of anilines is 2. The average molecular weight is 589 g/mol. The molecule has 0 spiro atoms. The van der Waals surface area contributed by atoms with E-state index in [4.69, 9.17) is 9.97 Å². The number of sulfonamides is 1. The highest BCUT2D eigenvalue weighted by molar-refractivity contribution is 7.89. The van der Waals surface area contributed by atoms with Crippen LogP contribution in [0.1, 0.15) is 31.2 Å². The van der Waals surface area contributed by atoms with Crippen molar-refractivity contribution in [1.82, 2.24) is 20.0 Å². The van der Waals surface area contributed by atoms with E-state index in [0.29, 0.717) is 5.95 Å². The number of nitrogens with one attached hydrogen (secondary N) is 3. The molecule has 10 nitrogen and oxygen atoms in total. The second-order valence-corrected chi connectivity index (χ2v) is 12.6. The van der Waals surface area contributed by atoms with Crippen LogP contribution >= 0.6 is 0 Å². The normalized spacial score (nSPS) is 17.9. The van der Waals surface area contributed by atoms with Gasteiger partial charge >= 0.3 is 0 Å². The van der Waals surface area contributed by atoms with Crippen molar-refractivity contribution in [2.24, 2.45) is 0 Å². The molecule has 5 rings (SSSR count). The molecular weight excluding hydrogens is 552 g/mol. The number of carbonyl (C=O) groups excluding carboxylic acids is 1. The van der Waals surface area contributed by atoms with E-state index >= 15 is 0 Å². The maximum atomic E-state index is 13.5. The molecule has 1 atom stereocenters. The van der Waals surface area contributed by atoms with Crippen LogP contribution in [0.5, 0.6) is 5.75 Å². The number of hydrogen-bond donors (Lipinski definition) is 4. The maximum absolute atomic E-state index is 13.5. The molecule has 1 heterocycles. The number of para-hydroxylation sites is 1. The molecule has 1 saturated carbocycles. The van der Waals surface area contributed by atoms with Gasteiger partial charge in [-0.25, -0.2) is 13.4 Å². The van der Waals surface area contributed by atoms with Crippen molar-refractivity contribution < 1.29 is 18.3 Å². The number of fused-ring (bicyclic) bond motifs is 1. The van der Waals surface area contributed by atoms with Crippen LogP contribution in [-0.4, -0.2) is 61.6 Å². The van der Waals surface area contributed by atoms with Crippen molar-refractivity contribution in [3.8, 4) is 5.75 Å². The zero-order valence-corrected chi connectivity index (χ0v) is 24.5. The van der Waals surface area contributed by atoms with E-state index in [0.717, 1.165) is 48.0 Å². The third-order valence-electron chi connectivity index (χ3n) is 7.46. The second kappa shape index (κ2) is 12.7.